The monoisotopic (exact) mass is 271 g/mol. The molecular formula is C15H17N3O2. The number of nitrogens with one attached hydrogen (secondary N) is 1. The van der Waals surface area contributed by atoms with Gasteiger partial charge >= 0.3 is 0 Å². The summed E-state index contributed by atoms with van der Waals surface area (Å²) in [6.45, 7) is 1.88. The Morgan fingerprint density at radius 2 is 2.15 bits per heavy atom. The van der Waals surface area contributed by atoms with E-state index < -0.39 is 0 Å². The van der Waals surface area contributed by atoms with Crippen LogP contribution >= 0.6 is 0 Å². The standard InChI is InChI=1S/C15H17N3O2/c1-10(13-5-3-4-8-17-13)18-15(19)11-6-7-14(20-2)12(16)9-11/h3-10H,16H2,1-2H3,(H,18,19). The number of ether oxygens (including phenoxy) is 1. The van der Waals surface area contributed by atoms with Crippen molar-refractivity contribution in [3.63, 3.8) is 0 Å². The molecule has 0 aliphatic heterocycles. The van der Waals surface area contributed by atoms with Gasteiger partial charge in [-0.15, -0.1) is 0 Å². The molecule has 0 bridgehead atoms. The summed E-state index contributed by atoms with van der Waals surface area (Å²) in [6, 6.07) is 10.4. The third-order valence-corrected chi connectivity index (χ3v) is 2.97. The molecule has 2 aromatic rings. The van der Waals surface area contributed by atoms with E-state index in [2.05, 4.69) is 10.3 Å². The zero-order chi connectivity index (χ0) is 14.5. The van der Waals surface area contributed by atoms with Gasteiger partial charge in [-0.3, -0.25) is 9.78 Å². The summed E-state index contributed by atoms with van der Waals surface area (Å²) in [5.41, 5.74) is 7.53. The molecule has 3 N–H and O–H groups in total. The number of rotatable bonds is 4. The Balaban J connectivity index is 2.10. The van der Waals surface area contributed by atoms with Gasteiger partial charge in [0, 0.05) is 11.8 Å². The molecule has 0 spiro atoms. The van der Waals surface area contributed by atoms with Gasteiger partial charge in [-0.05, 0) is 37.3 Å². The third kappa shape index (κ3) is 3.06. The second-order valence-electron chi connectivity index (χ2n) is 4.41. The lowest BCUT2D eigenvalue weighted by Gasteiger charge is -2.14. The predicted octanol–water partition coefficient (Wildman–Crippen LogP) is 2.16. The van der Waals surface area contributed by atoms with Crippen LogP contribution in [0.1, 0.15) is 29.0 Å². The van der Waals surface area contributed by atoms with Crippen LogP contribution in [0.15, 0.2) is 42.6 Å². The molecule has 0 aliphatic carbocycles. The van der Waals surface area contributed by atoms with Crippen molar-refractivity contribution in [2.24, 2.45) is 0 Å². The van der Waals surface area contributed by atoms with Crippen molar-refractivity contribution in [3.05, 3.63) is 53.9 Å². The Bertz CT molecular complexity index is 599. The number of carbonyl (C=O) groups excluding carboxylic acids is 1. The van der Waals surface area contributed by atoms with Gasteiger partial charge in [0.1, 0.15) is 5.75 Å². The van der Waals surface area contributed by atoms with Gasteiger partial charge in [0.2, 0.25) is 0 Å². The van der Waals surface area contributed by atoms with Crippen molar-refractivity contribution in [2.75, 3.05) is 12.8 Å². The van der Waals surface area contributed by atoms with Crippen molar-refractivity contribution < 1.29 is 9.53 Å². The normalized spacial score (nSPS) is 11.7. The zero-order valence-corrected chi connectivity index (χ0v) is 11.5. The fourth-order valence-corrected chi connectivity index (χ4v) is 1.86. The van der Waals surface area contributed by atoms with E-state index in [4.69, 9.17) is 10.5 Å². The van der Waals surface area contributed by atoms with Crippen LogP contribution in [-0.4, -0.2) is 18.0 Å². The van der Waals surface area contributed by atoms with Gasteiger partial charge in [0.15, 0.2) is 0 Å². The van der Waals surface area contributed by atoms with Gasteiger partial charge in [-0.25, -0.2) is 0 Å². The van der Waals surface area contributed by atoms with E-state index in [1.165, 1.54) is 7.11 Å². The van der Waals surface area contributed by atoms with Crippen LogP contribution < -0.4 is 15.8 Å². The van der Waals surface area contributed by atoms with Crippen molar-refractivity contribution in [1.29, 1.82) is 0 Å². The Hall–Kier alpha value is -2.56. The van der Waals surface area contributed by atoms with Crippen LogP contribution in [0.3, 0.4) is 0 Å². The summed E-state index contributed by atoms with van der Waals surface area (Å²) in [4.78, 5) is 16.4. The van der Waals surface area contributed by atoms with Crippen LogP contribution in [-0.2, 0) is 0 Å². The highest BCUT2D eigenvalue weighted by molar-refractivity contribution is 5.95. The van der Waals surface area contributed by atoms with Gasteiger partial charge in [0.05, 0.1) is 24.5 Å². The summed E-state index contributed by atoms with van der Waals surface area (Å²) in [5, 5.41) is 2.88. The number of anilines is 1. The summed E-state index contributed by atoms with van der Waals surface area (Å²) in [6.07, 6.45) is 1.70. The number of methoxy groups -OCH3 is 1. The van der Waals surface area contributed by atoms with E-state index in [9.17, 15) is 4.79 Å². The highest BCUT2D eigenvalue weighted by Crippen LogP contribution is 2.22. The van der Waals surface area contributed by atoms with Gasteiger partial charge in [-0.2, -0.15) is 0 Å². The molecule has 1 unspecified atom stereocenters. The molecule has 1 aromatic heterocycles. The van der Waals surface area contributed by atoms with Gasteiger partial charge in [0.25, 0.3) is 5.91 Å². The lowest BCUT2D eigenvalue weighted by atomic mass is 10.1. The number of hydrogen-bond donors (Lipinski definition) is 2. The summed E-state index contributed by atoms with van der Waals surface area (Å²) >= 11 is 0. The first kappa shape index (κ1) is 13.9. The smallest absolute Gasteiger partial charge is 0.251 e. The Kier molecular flexibility index (Phi) is 4.20. The van der Waals surface area contributed by atoms with E-state index in [1.807, 2.05) is 25.1 Å². The second-order valence-corrected chi connectivity index (χ2v) is 4.41. The predicted molar refractivity (Wildman–Crippen MR) is 77.5 cm³/mol. The summed E-state index contributed by atoms with van der Waals surface area (Å²) in [7, 11) is 1.54. The maximum Gasteiger partial charge on any atom is 0.251 e. The van der Waals surface area contributed by atoms with Crippen LogP contribution in [0.4, 0.5) is 5.69 Å². The van der Waals surface area contributed by atoms with Crippen LogP contribution in [0.2, 0.25) is 0 Å². The minimum Gasteiger partial charge on any atom is -0.495 e. The van der Waals surface area contributed by atoms with Crippen molar-refractivity contribution >= 4 is 11.6 Å². The van der Waals surface area contributed by atoms with Gasteiger partial charge < -0.3 is 15.8 Å². The highest BCUT2D eigenvalue weighted by atomic mass is 16.5. The molecule has 5 heteroatoms. The molecule has 1 amide bonds. The number of carbonyl (C=O) groups is 1. The largest absolute Gasteiger partial charge is 0.495 e. The summed E-state index contributed by atoms with van der Waals surface area (Å²) < 4.78 is 5.06. The fourth-order valence-electron chi connectivity index (χ4n) is 1.86. The van der Waals surface area contributed by atoms with Crippen molar-refractivity contribution in [3.8, 4) is 5.75 Å². The number of benzene rings is 1. The third-order valence-electron chi connectivity index (χ3n) is 2.97. The van der Waals surface area contributed by atoms with E-state index in [0.29, 0.717) is 17.0 Å². The molecule has 20 heavy (non-hydrogen) atoms. The SMILES string of the molecule is COc1ccc(C(=O)NC(C)c2ccccn2)cc1N. The zero-order valence-electron chi connectivity index (χ0n) is 11.5. The number of amides is 1. The molecule has 0 saturated heterocycles. The average molecular weight is 271 g/mol. The molecule has 2 rings (SSSR count). The summed E-state index contributed by atoms with van der Waals surface area (Å²) in [5.74, 6) is 0.358. The Morgan fingerprint density at radius 1 is 1.35 bits per heavy atom. The Morgan fingerprint density at radius 3 is 2.75 bits per heavy atom. The molecule has 104 valence electrons. The number of hydrogen-bond acceptors (Lipinski definition) is 4. The van der Waals surface area contributed by atoms with Crippen LogP contribution in [0.25, 0.3) is 0 Å². The minimum absolute atomic E-state index is 0.174. The maximum absolute atomic E-state index is 12.1. The fraction of sp³-hybridized carbons (Fsp3) is 0.200. The van der Waals surface area contributed by atoms with E-state index in [0.717, 1.165) is 5.69 Å². The molecule has 0 saturated carbocycles. The number of aromatic nitrogens is 1. The minimum atomic E-state index is -0.197. The lowest BCUT2D eigenvalue weighted by molar-refractivity contribution is 0.0939. The molecule has 5 nitrogen and oxygen atoms in total. The van der Waals surface area contributed by atoms with E-state index in [1.54, 1.807) is 24.4 Å². The van der Waals surface area contributed by atoms with Gasteiger partial charge in [-0.1, -0.05) is 6.07 Å². The molecule has 0 fully saturated rings. The van der Waals surface area contributed by atoms with Crippen LogP contribution in [0.5, 0.6) is 5.75 Å². The van der Waals surface area contributed by atoms with E-state index in [-0.39, 0.29) is 11.9 Å². The number of nitrogens with zero attached hydrogens (tertiary/aromatic N) is 1. The first-order valence-electron chi connectivity index (χ1n) is 6.27. The molecule has 1 aromatic carbocycles. The highest BCUT2D eigenvalue weighted by Gasteiger charge is 2.13. The molecular weight excluding hydrogens is 254 g/mol. The molecule has 0 aliphatic rings. The van der Waals surface area contributed by atoms with Crippen molar-refractivity contribution in [1.82, 2.24) is 10.3 Å². The van der Waals surface area contributed by atoms with Crippen molar-refractivity contribution in [2.45, 2.75) is 13.0 Å². The van der Waals surface area contributed by atoms with E-state index >= 15 is 0 Å². The molecule has 1 atom stereocenters. The first-order chi connectivity index (χ1) is 9.61. The topological polar surface area (TPSA) is 77.2 Å². The number of pyridine rings is 1. The Labute approximate surface area is 117 Å². The lowest BCUT2D eigenvalue weighted by Crippen LogP contribution is -2.27. The average Bonchev–Trinajstić information content (AvgIpc) is 2.48. The first-order valence-corrected chi connectivity index (χ1v) is 6.27. The number of nitrogen functional groups attached to an aromatic ring is 1. The molecule has 1 heterocycles. The second kappa shape index (κ2) is 6.06. The molecule has 0 radical (unpaired) electrons. The maximum atomic E-state index is 12.1. The quantitative estimate of drug-likeness (QED) is 0.835. The number of nitrogens with two attached hydrogens (primary N) is 1. The van der Waals surface area contributed by atoms with Crippen LogP contribution in [0, 0.1) is 0 Å².